The minimum Gasteiger partial charge on any atom is -0.486 e. The molecule has 0 spiro atoms. The highest BCUT2D eigenvalue weighted by atomic mass is 35.5. The molecule has 9 nitrogen and oxygen atoms in total. The standard InChI is InChI=1S/C34H42ClN5O4/c1-23-20-31(35)37-25(3)32(23)33(41)36-15-12-24(2)39-16-13-27(14-17-39)40(22-26-8-6-5-7-9-26)34(42)38(4)28-10-11-29-30(21-28)44-19-18-43-29/h5-11,20-21,24,27H,12-19,22H2,1-4H3,(H,36,41). The molecule has 3 aromatic rings. The Kier molecular flexibility index (Phi) is 10.3. The van der Waals surface area contributed by atoms with E-state index in [2.05, 4.69) is 34.3 Å². The molecule has 10 heteroatoms. The van der Waals surface area contributed by atoms with E-state index >= 15 is 0 Å². The van der Waals surface area contributed by atoms with Crippen LogP contribution in [0.1, 0.15) is 53.4 Å². The van der Waals surface area contributed by atoms with Crippen molar-refractivity contribution in [1.82, 2.24) is 20.1 Å². The number of hydrogen-bond acceptors (Lipinski definition) is 6. The quantitative estimate of drug-likeness (QED) is 0.302. The monoisotopic (exact) mass is 619 g/mol. The van der Waals surface area contributed by atoms with Crippen LogP contribution in [-0.4, -0.2) is 78.7 Å². The van der Waals surface area contributed by atoms with Gasteiger partial charge in [-0.3, -0.25) is 9.69 Å². The van der Waals surface area contributed by atoms with Crippen molar-refractivity contribution in [2.75, 3.05) is 44.8 Å². The molecule has 5 rings (SSSR count). The first-order valence-electron chi connectivity index (χ1n) is 15.3. The zero-order valence-electron chi connectivity index (χ0n) is 26.0. The molecular formula is C34H42ClN5O4. The summed E-state index contributed by atoms with van der Waals surface area (Å²) in [7, 11) is 1.82. The van der Waals surface area contributed by atoms with Crippen LogP contribution < -0.4 is 19.7 Å². The summed E-state index contributed by atoms with van der Waals surface area (Å²) in [6.07, 6.45) is 2.58. The highest BCUT2D eigenvalue weighted by Crippen LogP contribution is 2.34. The Labute approximate surface area is 265 Å². The number of anilines is 1. The summed E-state index contributed by atoms with van der Waals surface area (Å²) in [5.74, 6) is 1.25. The lowest BCUT2D eigenvalue weighted by atomic mass is 10.00. The third-order valence-electron chi connectivity index (χ3n) is 8.65. The molecule has 44 heavy (non-hydrogen) atoms. The van der Waals surface area contributed by atoms with Gasteiger partial charge in [-0.2, -0.15) is 0 Å². The zero-order valence-corrected chi connectivity index (χ0v) is 26.8. The molecule has 0 bridgehead atoms. The first kappa shape index (κ1) is 31.6. The molecule has 2 aliphatic rings. The number of aryl methyl sites for hydroxylation is 2. The molecule has 1 aromatic heterocycles. The fraction of sp³-hybridized carbons (Fsp3) is 0.441. The fourth-order valence-corrected chi connectivity index (χ4v) is 6.40. The average molecular weight is 620 g/mol. The minimum absolute atomic E-state index is 0.0398. The van der Waals surface area contributed by atoms with Crippen molar-refractivity contribution in [3.05, 3.63) is 82.1 Å². The number of likely N-dealkylation sites (tertiary alicyclic amines) is 1. The Morgan fingerprint density at radius 1 is 1.05 bits per heavy atom. The Hall–Kier alpha value is -3.82. The van der Waals surface area contributed by atoms with Gasteiger partial charge in [-0.25, -0.2) is 9.78 Å². The Morgan fingerprint density at radius 3 is 2.45 bits per heavy atom. The van der Waals surface area contributed by atoms with E-state index in [0.717, 1.165) is 49.2 Å². The Bertz CT molecular complexity index is 1440. The number of aromatic nitrogens is 1. The topological polar surface area (TPSA) is 87.2 Å². The molecule has 2 aliphatic heterocycles. The molecule has 0 aliphatic carbocycles. The summed E-state index contributed by atoms with van der Waals surface area (Å²) in [5.41, 5.74) is 3.92. The predicted molar refractivity (Wildman–Crippen MR) is 173 cm³/mol. The molecule has 1 N–H and O–H groups in total. The lowest BCUT2D eigenvalue weighted by Gasteiger charge is -2.42. The summed E-state index contributed by atoms with van der Waals surface area (Å²) in [6.45, 7) is 9.78. The van der Waals surface area contributed by atoms with Crippen molar-refractivity contribution >= 4 is 29.2 Å². The van der Waals surface area contributed by atoms with Crippen molar-refractivity contribution < 1.29 is 19.1 Å². The van der Waals surface area contributed by atoms with Crippen LogP contribution in [0, 0.1) is 13.8 Å². The number of nitrogens with one attached hydrogen (secondary N) is 1. The molecule has 0 radical (unpaired) electrons. The van der Waals surface area contributed by atoms with Crippen LogP contribution in [0.3, 0.4) is 0 Å². The number of amides is 3. The van der Waals surface area contributed by atoms with Gasteiger partial charge in [0.2, 0.25) is 0 Å². The zero-order chi connectivity index (χ0) is 31.2. The molecule has 1 unspecified atom stereocenters. The average Bonchev–Trinajstić information content (AvgIpc) is 3.02. The minimum atomic E-state index is -0.118. The number of ether oxygens (including phenoxy) is 2. The van der Waals surface area contributed by atoms with E-state index in [0.29, 0.717) is 60.3 Å². The second-order valence-electron chi connectivity index (χ2n) is 11.7. The third kappa shape index (κ3) is 7.45. The molecule has 3 heterocycles. The van der Waals surface area contributed by atoms with Crippen LogP contribution in [0.25, 0.3) is 0 Å². The van der Waals surface area contributed by atoms with Gasteiger partial charge in [0.05, 0.1) is 11.3 Å². The van der Waals surface area contributed by atoms with Crippen LogP contribution >= 0.6 is 11.6 Å². The van der Waals surface area contributed by atoms with E-state index in [9.17, 15) is 9.59 Å². The number of hydrogen-bond donors (Lipinski definition) is 1. The molecule has 1 atom stereocenters. The maximum absolute atomic E-state index is 14.0. The van der Waals surface area contributed by atoms with Crippen LogP contribution in [0.5, 0.6) is 11.5 Å². The molecule has 1 fully saturated rings. The van der Waals surface area contributed by atoms with E-state index in [4.69, 9.17) is 21.1 Å². The number of halogens is 1. The predicted octanol–water partition coefficient (Wildman–Crippen LogP) is 5.85. The normalized spacial score (nSPS) is 15.8. The first-order chi connectivity index (χ1) is 21.2. The van der Waals surface area contributed by atoms with Gasteiger partial charge in [-0.05, 0) is 69.4 Å². The van der Waals surface area contributed by atoms with E-state index < -0.39 is 0 Å². The maximum Gasteiger partial charge on any atom is 0.324 e. The van der Waals surface area contributed by atoms with Gasteiger partial charge in [0, 0.05) is 57.1 Å². The van der Waals surface area contributed by atoms with Gasteiger partial charge >= 0.3 is 6.03 Å². The number of carbonyl (C=O) groups is 2. The van der Waals surface area contributed by atoms with Gasteiger partial charge in [0.1, 0.15) is 18.4 Å². The van der Waals surface area contributed by atoms with E-state index in [1.165, 1.54) is 0 Å². The molecule has 3 amide bonds. The van der Waals surface area contributed by atoms with Crippen LogP contribution in [0.4, 0.5) is 10.5 Å². The van der Waals surface area contributed by atoms with Crippen molar-refractivity contribution in [2.45, 2.75) is 58.7 Å². The first-order valence-corrected chi connectivity index (χ1v) is 15.7. The number of fused-ring (bicyclic) bond motifs is 1. The second kappa shape index (κ2) is 14.3. The van der Waals surface area contributed by atoms with E-state index in [1.807, 2.05) is 55.3 Å². The molecule has 0 saturated carbocycles. The summed E-state index contributed by atoms with van der Waals surface area (Å²) < 4.78 is 11.4. The van der Waals surface area contributed by atoms with Gasteiger partial charge < -0.3 is 24.6 Å². The van der Waals surface area contributed by atoms with Gasteiger partial charge in [0.15, 0.2) is 11.5 Å². The van der Waals surface area contributed by atoms with E-state index in [-0.39, 0.29) is 18.0 Å². The third-order valence-corrected chi connectivity index (χ3v) is 8.84. The van der Waals surface area contributed by atoms with Crippen LogP contribution in [-0.2, 0) is 6.54 Å². The second-order valence-corrected chi connectivity index (χ2v) is 12.1. The van der Waals surface area contributed by atoms with Gasteiger partial charge in [-0.1, -0.05) is 41.9 Å². The highest BCUT2D eigenvalue weighted by Gasteiger charge is 2.32. The summed E-state index contributed by atoms with van der Waals surface area (Å²) in [6, 6.07) is 17.9. The van der Waals surface area contributed by atoms with Crippen LogP contribution in [0.2, 0.25) is 5.15 Å². The Balaban J connectivity index is 1.19. The van der Waals surface area contributed by atoms with Crippen molar-refractivity contribution in [3.63, 3.8) is 0 Å². The largest absolute Gasteiger partial charge is 0.486 e. The van der Waals surface area contributed by atoms with Crippen LogP contribution in [0.15, 0.2) is 54.6 Å². The summed E-state index contributed by atoms with van der Waals surface area (Å²) in [5, 5.41) is 3.46. The van der Waals surface area contributed by atoms with Crippen molar-refractivity contribution in [3.8, 4) is 11.5 Å². The smallest absolute Gasteiger partial charge is 0.324 e. The summed E-state index contributed by atoms with van der Waals surface area (Å²) >= 11 is 6.03. The lowest BCUT2D eigenvalue weighted by molar-refractivity contribution is 0.0913. The number of nitrogens with zero attached hydrogens (tertiary/aromatic N) is 4. The van der Waals surface area contributed by atoms with Gasteiger partial charge in [0.25, 0.3) is 5.91 Å². The van der Waals surface area contributed by atoms with Crippen molar-refractivity contribution in [2.24, 2.45) is 0 Å². The molecule has 2 aromatic carbocycles. The summed E-state index contributed by atoms with van der Waals surface area (Å²) in [4.78, 5) is 37.3. The van der Waals surface area contributed by atoms with E-state index in [1.54, 1.807) is 17.9 Å². The van der Waals surface area contributed by atoms with Crippen molar-refractivity contribution in [1.29, 1.82) is 0 Å². The van der Waals surface area contributed by atoms with Gasteiger partial charge in [-0.15, -0.1) is 0 Å². The Morgan fingerprint density at radius 2 is 1.75 bits per heavy atom. The number of carbonyl (C=O) groups excluding carboxylic acids is 2. The number of benzene rings is 2. The number of urea groups is 1. The lowest BCUT2D eigenvalue weighted by Crippen LogP contribution is -2.52. The number of piperidine rings is 1. The molecular weight excluding hydrogens is 578 g/mol. The molecule has 1 saturated heterocycles. The maximum atomic E-state index is 14.0. The number of pyridine rings is 1. The SMILES string of the molecule is Cc1cc(Cl)nc(C)c1C(=O)NCCC(C)N1CCC(N(Cc2ccccc2)C(=O)N(C)c2ccc3c(c2)OCCO3)CC1. The molecule has 234 valence electrons. The fourth-order valence-electron chi connectivity index (χ4n) is 6.11. The number of rotatable bonds is 9. The highest BCUT2D eigenvalue weighted by molar-refractivity contribution is 6.29.